The second-order valence-electron chi connectivity index (χ2n) is 4.32. The zero-order valence-electron chi connectivity index (χ0n) is 10.9. The molecule has 2 N–H and O–H groups in total. The third kappa shape index (κ3) is 5.28. The van der Waals surface area contributed by atoms with Crippen LogP contribution >= 0.6 is 11.6 Å². The summed E-state index contributed by atoms with van der Waals surface area (Å²) in [5, 5.41) is 3.10. The van der Waals surface area contributed by atoms with Crippen LogP contribution in [-0.4, -0.2) is 22.9 Å². The van der Waals surface area contributed by atoms with Crippen molar-refractivity contribution in [2.75, 3.05) is 6.54 Å². The van der Waals surface area contributed by atoms with Crippen LogP contribution in [0, 0.1) is 0 Å². The van der Waals surface area contributed by atoms with E-state index in [4.69, 9.17) is 11.6 Å². The molecule has 21 heavy (non-hydrogen) atoms. The summed E-state index contributed by atoms with van der Waals surface area (Å²) in [6.07, 6.45) is -0.618. The topological polar surface area (TPSA) is 49.9 Å². The van der Waals surface area contributed by atoms with E-state index in [-0.39, 0.29) is 5.02 Å². The lowest BCUT2D eigenvalue weighted by molar-refractivity contribution is -0.274. The minimum absolute atomic E-state index is 0.0693. The first-order chi connectivity index (χ1) is 9.94. The number of aromatic nitrogens is 2. The highest BCUT2D eigenvalue weighted by molar-refractivity contribution is 6.32. The lowest BCUT2D eigenvalue weighted by Gasteiger charge is -2.11. The van der Waals surface area contributed by atoms with Gasteiger partial charge in [0.25, 0.3) is 0 Å². The Balaban J connectivity index is 1.82. The van der Waals surface area contributed by atoms with Gasteiger partial charge in [0.05, 0.1) is 11.3 Å². The van der Waals surface area contributed by atoms with E-state index >= 15 is 0 Å². The van der Waals surface area contributed by atoms with E-state index in [9.17, 15) is 13.2 Å². The van der Waals surface area contributed by atoms with Crippen molar-refractivity contribution in [1.82, 2.24) is 15.3 Å². The summed E-state index contributed by atoms with van der Waals surface area (Å²) in [6, 6.07) is 4.20. The summed E-state index contributed by atoms with van der Waals surface area (Å²) in [5.41, 5.74) is 1.79. The Morgan fingerprint density at radius 2 is 2.14 bits per heavy atom. The van der Waals surface area contributed by atoms with Gasteiger partial charge < -0.3 is 15.0 Å². The molecule has 0 aliphatic rings. The van der Waals surface area contributed by atoms with Crippen LogP contribution in [0.15, 0.2) is 30.7 Å². The average molecular weight is 320 g/mol. The SMILES string of the molecule is FC(F)(F)Oc1ccc(CNCCc2cnc[nH]2)cc1Cl. The predicted molar refractivity (Wildman–Crippen MR) is 72.1 cm³/mol. The number of nitrogens with zero attached hydrogens (tertiary/aromatic N) is 1. The number of alkyl halides is 3. The fourth-order valence-electron chi connectivity index (χ4n) is 1.74. The van der Waals surface area contributed by atoms with Gasteiger partial charge in [0.1, 0.15) is 5.75 Å². The maximum absolute atomic E-state index is 12.1. The highest BCUT2D eigenvalue weighted by Gasteiger charge is 2.31. The monoisotopic (exact) mass is 319 g/mol. The van der Waals surface area contributed by atoms with Crippen molar-refractivity contribution in [3.8, 4) is 5.75 Å². The van der Waals surface area contributed by atoms with Crippen molar-refractivity contribution >= 4 is 11.6 Å². The van der Waals surface area contributed by atoms with Crippen LogP contribution in [0.4, 0.5) is 13.2 Å². The Morgan fingerprint density at radius 3 is 2.76 bits per heavy atom. The van der Waals surface area contributed by atoms with Crippen molar-refractivity contribution < 1.29 is 17.9 Å². The van der Waals surface area contributed by atoms with E-state index in [1.165, 1.54) is 18.2 Å². The Hall–Kier alpha value is -1.73. The van der Waals surface area contributed by atoms with Gasteiger partial charge in [-0.05, 0) is 17.7 Å². The number of hydrogen-bond acceptors (Lipinski definition) is 3. The molecule has 0 fully saturated rings. The lowest BCUT2D eigenvalue weighted by atomic mass is 10.2. The van der Waals surface area contributed by atoms with E-state index in [2.05, 4.69) is 20.0 Å². The average Bonchev–Trinajstić information content (AvgIpc) is 2.89. The predicted octanol–water partition coefficient (Wildman–Crippen LogP) is 3.29. The molecule has 0 radical (unpaired) electrons. The zero-order valence-corrected chi connectivity index (χ0v) is 11.6. The van der Waals surface area contributed by atoms with E-state index in [1.54, 1.807) is 12.5 Å². The number of nitrogens with one attached hydrogen (secondary N) is 2. The van der Waals surface area contributed by atoms with E-state index in [1.807, 2.05) is 0 Å². The third-order valence-corrected chi connectivity index (χ3v) is 2.97. The summed E-state index contributed by atoms with van der Waals surface area (Å²) in [6.45, 7) is 1.21. The summed E-state index contributed by atoms with van der Waals surface area (Å²) in [7, 11) is 0. The summed E-state index contributed by atoms with van der Waals surface area (Å²) >= 11 is 5.76. The molecule has 0 aliphatic heterocycles. The summed E-state index contributed by atoms with van der Waals surface area (Å²) in [5.74, 6) is -0.398. The number of H-pyrrole nitrogens is 1. The number of hydrogen-bond donors (Lipinski definition) is 2. The quantitative estimate of drug-likeness (QED) is 0.803. The van der Waals surface area contributed by atoms with Crippen molar-refractivity contribution in [2.24, 2.45) is 0 Å². The summed E-state index contributed by atoms with van der Waals surface area (Å²) < 4.78 is 40.1. The molecule has 4 nitrogen and oxygen atoms in total. The molecule has 1 aromatic carbocycles. The van der Waals surface area contributed by atoms with Crippen molar-refractivity contribution in [2.45, 2.75) is 19.3 Å². The smallest absolute Gasteiger partial charge is 0.404 e. The fourth-order valence-corrected chi connectivity index (χ4v) is 1.98. The molecule has 0 aliphatic carbocycles. The first-order valence-corrected chi connectivity index (χ1v) is 6.54. The number of aromatic amines is 1. The Bertz CT molecular complexity index is 573. The molecule has 0 saturated heterocycles. The van der Waals surface area contributed by atoms with Gasteiger partial charge in [0.15, 0.2) is 0 Å². The van der Waals surface area contributed by atoms with E-state index < -0.39 is 12.1 Å². The Kier molecular flexibility index (Phi) is 5.08. The molecule has 114 valence electrons. The molecule has 0 bridgehead atoms. The fraction of sp³-hybridized carbons (Fsp3) is 0.308. The molecular weight excluding hydrogens is 307 g/mol. The maximum Gasteiger partial charge on any atom is 0.573 e. The van der Waals surface area contributed by atoms with Crippen LogP contribution < -0.4 is 10.1 Å². The van der Waals surface area contributed by atoms with Crippen molar-refractivity contribution in [1.29, 1.82) is 0 Å². The van der Waals surface area contributed by atoms with Crippen molar-refractivity contribution in [3.63, 3.8) is 0 Å². The van der Waals surface area contributed by atoms with Gasteiger partial charge in [-0.25, -0.2) is 4.98 Å². The molecule has 0 spiro atoms. The van der Waals surface area contributed by atoms with E-state index in [0.717, 1.165) is 17.7 Å². The first kappa shape index (κ1) is 15.7. The molecule has 0 atom stereocenters. The van der Waals surface area contributed by atoms with Crippen LogP contribution in [0.5, 0.6) is 5.75 Å². The summed E-state index contributed by atoms with van der Waals surface area (Å²) in [4.78, 5) is 6.88. The van der Waals surface area contributed by atoms with Crippen LogP contribution in [0.25, 0.3) is 0 Å². The van der Waals surface area contributed by atoms with Gasteiger partial charge in [-0.1, -0.05) is 17.7 Å². The van der Waals surface area contributed by atoms with Gasteiger partial charge >= 0.3 is 6.36 Å². The molecule has 2 rings (SSSR count). The van der Waals surface area contributed by atoms with Gasteiger partial charge in [-0.15, -0.1) is 13.2 Å². The highest BCUT2D eigenvalue weighted by atomic mass is 35.5. The van der Waals surface area contributed by atoms with Crippen LogP contribution in [-0.2, 0) is 13.0 Å². The molecule has 0 amide bonds. The normalized spacial score (nSPS) is 11.6. The molecule has 0 saturated carbocycles. The van der Waals surface area contributed by atoms with Crippen LogP contribution in [0.2, 0.25) is 5.02 Å². The standard InChI is InChI=1S/C13H13ClF3N3O/c14-11-5-9(1-2-12(11)21-13(15,16)17)6-18-4-3-10-7-19-8-20-10/h1-2,5,7-8,18H,3-4,6H2,(H,19,20). The molecule has 1 heterocycles. The molecule has 0 unspecified atom stereocenters. The Morgan fingerprint density at radius 1 is 1.33 bits per heavy atom. The minimum atomic E-state index is -4.74. The minimum Gasteiger partial charge on any atom is -0.404 e. The lowest BCUT2D eigenvalue weighted by Crippen LogP contribution is -2.18. The van der Waals surface area contributed by atoms with Gasteiger partial charge in [-0.2, -0.15) is 0 Å². The van der Waals surface area contributed by atoms with Gasteiger partial charge in [-0.3, -0.25) is 0 Å². The van der Waals surface area contributed by atoms with Crippen LogP contribution in [0.3, 0.4) is 0 Å². The largest absolute Gasteiger partial charge is 0.573 e. The maximum atomic E-state index is 12.1. The van der Waals surface area contributed by atoms with Crippen molar-refractivity contribution in [3.05, 3.63) is 47.0 Å². The zero-order chi connectivity index (χ0) is 15.3. The van der Waals surface area contributed by atoms with Gasteiger partial charge in [0.2, 0.25) is 0 Å². The first-order valence-electron chi connectivity index (χ1n) is 6.16. The molecule has 8 heteroatoms. The Labute approximate surface area is 124 Å². The van der Waals surface area contributed by atoms with E-state index in [0.29, 0.717) is 13.1 Å². The van der Waals surface area contributed by atoms with Crippen LogP contribution in [0.1, 0.15) is 11.3 Å². The van der Waals surface area contributed by atoms with Gasteiger partial charge in [0, 0.05) is 31.4 Å². The number of rotatable bonds is 6. The number of ether oxygens (including phenoxy) is 1. The molecule has 1 aromatic heterocycles. The number of halogens is 4. The number of imidazole rings is 1. The third-order valence-electron chi connectivity index (χ3n) is 2.68. The number of benzene rings is 1. The molecular formula is C13H13ClF3N3O. The highest BCUT2D eigenvalue weighted by Crippen LogP contribution is 2.30. The molecule has 2 aromatic rings. The second kappa shape index (κ2) is 6.82. The second-order valence-corrected chi connectivity index (χ2v) is 4.72.